The van der Waals surface area contributed by atoms with E-state index in [2.05, 4.69) is 84.2 Å². The Morgan fingerprint density at radius 1 is 1.13 bits per heavy atom. The van der Waals surface area contributed by atoms with Crippen molar-refractivity contribution < 1.29 is 19.1 Å². The Hall–Kier alpha value is -3.84. The third kappa shape index (κ3) is 7.22. The number of methoxy groups -OCH3 is 1. The monoisotopic (exact) mass is 727 g/mol. The predicted octanol–water partition coefficient (Wildman–Crippen LogP) is 6.11. The summed E-state index contributed by atoms with van der Waals surface area (Å²) in [4.78, 5) is 42.0. The molecule has 11 nitrogen and oxygen atoms in total. The van der Waals surface area contributed by atoms with Gasteiger partial charge in [-0.15, -0.1) is 11.3 Å². The average molecular weight is 728 g/mol. The number of pyridine rings is 1. The summed E-state index contributed by atoms with van der Waals surface area (Å²) in [5.74, 6) is -0.626. The number of anilines is 1. The molecule has 1 N–H and O–H groups in total. The third-order valence-electron chi connectivity index (χ3n) is 11.0. The summed E-state index contributed by atoms with van der Waals surface area (Å²) in [6.07, 6.45) is 4.34. The second-order valence-electron chi connectivity index (χ2n) is 15.6. The van der Waals surface area contributed by atoms with Crippen LogP contribution in [0, 0.1) is 11.3 Å². The number of aromatic nitrogens is 3. The van der Waals surface area contributed by atoms with E-state index in [0.717, 1.165) is 89.0 Å². The fourth-order valence-corrected chi connectivity index (χ4v) is 8.82. The number of thiazole rings is 1. The molecule has 2 saturated heterocycles. The van der Waals surface area contributed by atoms with Crippen molar-refractivity contribution in [1.29, 1.82) is 0 Å². The van der Waals surface area contributed by atoms with Crippen LogP contribution in [0.2, 0.25) is 0 Å². The number of rotatable bonds is 5. The van der Waals surface area contributed by atoms with Crippen molar-refractivity contribution in [3.8, 4) is 22.5 Å². The molecule has 1 aromatic carbocycles. The lowest BCUT2D eigenvalue weighted by molar-refractivity contribution is -0.155. The number of cyclic esters (lactones) is 1. The number of ether oxygens (including phenoxy) is 2. The SMILES string of the molecule is CCn1c(-c2cc(N3CCN(C)CC3)cnc2[C@H](C)OC)c2c3cc(ccc31)-c1csc(n1)C[C@H](C)C(=O)N1CCC[C@H](N1)C(=O)OCC(C)(C)C2. The Morgan fingerprint density at radius 3 is 2.67 bits per heavy atom. The Morgan fingerprint density at radius 2 is 1.92 bits per heavy atom. The van der Waals surface area contributed by atoms with E-state index in [1.54, 1.807) is 23.5 Å². The van der Waals surface area contributed by atoms with Gasteiger partial charge in [-0.3, -0.25) is 19.6 Å². The molecule has 2 fully saturated rings. The first-order valence-corrected chi connectivity index (χ1v) is 19.6. The average Bonchev–Trinajstić information content (AvgIpc) is 3.74. The number of amides is 1. The standard InChI is InChI=1S/C40H53N7O4S/c1-8-46-34-12-11-27-19-29(34)31(37(46)30-20-28(22-41-36(30)26(3)50-7)45-16-14-44(6)15-17-45)21-40(4,5)24-51-39(49)32-10-9-13-47(43-32)38(48)25(2)18-35-42-33(27)23-52-35/h11-12,19-20,22-23,25-26,32,43H,8-10,13-18,21,24H2,1-7H3/t25-,26-,32-/m0/s1. The van der Waals surface area contributed by atoms with Crippen molar-refractivity contribution in [2.24, 2.45) is 11.3 Å². The summed E-state index contributed by atoms with van der Waals surface area (Å²) < 4.78 is 14.4. The zero-order valence-corrected chi connectivity index (χ0v) is 32.5. The number of carbonyl (C=O) groups is 2. The van der Waals surface area contributed by atoms with Crippen molar-refractivity contribution in [1.82, 2.24) is 29.9 Å². The molecule has 1 amide bonds. The van der Waals surface area contributed by atoms with Crippen LogP contribution in [0.15, 0.2) is 35.8 Å². The fraction of sp³-hybridized carbons (Fsp3) is 0.550. The Bertz CT molecular complexity index is 1940. The highest BCUT2D eigenvalue weighted by Crippen LogP contribution is 2.43. The molecule has 12 heteroatoms. The van der Waals surface area contributed by atoms with Gasteiger partial charge in [0.05, 0.1) is 46.7 Å². The molecule has 0 aliphatic carbocycles. The highest BCUT2D eigenvalue weighted by molar-refractivity contribution is 7.10. The molecule has 4 aromatic rings. The smallest absolute Gasteiger partial charge is 0.324 e. The molecule has 3 atom stereocenters. The fourth-order valence-electron chi connectivity index (χ4n) is 7.89. The number of esters is 1. The van der Waals surface area contributed by atoms with Gasteiger partial charge in [-0.2, -0.15) is 0 Å². The highest BCUT2D eigenvalue weighted by atomic mass is 32.1. The van der Waals surface area contributed by atoms with Crippen molar-refractivity contribution in [3.05, 3.63) is 52.1 Å². The molecule has 6 bridgehead atoms. The van der Waals surface area contributed by atoms with E-state index in [9.17, 15) is 9.59 Å². The molecule has 0 saturated carbocycles. The van der Waals surface area contributed by atoms with E-state index in [-0.39, 0.29) is 30.5 Å². The van der Waals surface area contributed by atoms with E-state index in [1.165, 1.54) is 5.56 Å². The van der Waals surface area contributed by atoms with Crippen LogP contribution in [-0.2, 0) is 38.4 Å². The number of aryl methyl sites for hydroxylation is 1. The van der Waals surface area contributed by atoms with Crippen LogP contribution in [0.1, 0.15) is 69.8 Å². The third-order valence-corrected chi connectivity index (χ3v) is 11.9. The molecule has 0 radical (unpaired) electrons. The summed E-state index contributed by atoms with van der Waals surface area (Å²) in [7, 11) is 3.91. The number of carbonyl (C=O) groups excluding carboxylic acids is 2. The molecule has 278 valence electrons. The van der Waals surface area contributed by atoms with Crippen LogP contribution in [0.3, 0.4) is 0 Å². The maximum atomic E-state index is 13.5. The van der Waals surface area contributed by atoms with E-state index in [0.29, 0.717) is 25.8 Å². The Labute approximate surface area is 311 Å². The number of nitrogens with one attached hydrogen (secondary N) is 1. The predicted molar refractivity (Wildman–Crippen MR) is 206 cm³/mol. The zero-order valence-electron chi connectivity index (χ0n) is 31.7. The minimum Gasteiger partial charge on any atom is -0.464 e. The Balaban J connectivity index is 1.40. The maximum absolute atomic E-state index is 13.5. The second-order valence-corrected chi connectivity index (χ2v) is 16.5. The van der Waals surface area contributed by atoms with E-state index in [4.69, 9.17) is 19.4 Å². The van der Waals surface area contributed by atoms with Crippen LogP contribution in [0.25, 0.3) is 33.4 Å². The van der Waals surface area contributed by atoms with Gasteiger partial charge in [0.1, 0.15) is 6.04 Å². The first-order valence-electron chi connectivity index (χ1n) is 18.8. The van der Waals surface area contributed by atoms with Gasteiger partial charge < -0.3 is 23.8 Å². The largest absolute Gasteiger partial charge is 0.464 e. The van der Waals surface area contributed by atoms with Crippen LogP contribution < -0.4 is 10.3 Å². The molecule has 6 heterocycles. The van der Waals surface area contributed by atoms with Crippen LogP contribution in [-0.4, -0.2) is 95.9 Å². The molecule has 0 spiro atoms. The van der Waals surface area contributed by atoms with Crippen LogP contribution >= 0.6 is 11.3 Å². The van der Waals surface area contributed by atoms with Gasteiger partial charge in [-0.1, -0.05) is 26.8 Å². The summed E-state index contributed by atoms with van der Waals surface area (Å²) in [5.41, 5.74) is 11.3. The first kappa shape index (κ1) is 36.5. The molecule has 3 aromatic heterocycles. The molecule has 52 heavy (non-hydrogen) atoms. The van der Waals surface area contributed by atoms with Gasteiger partial charge in [0.25, 0.3) is 0 Å². The molecular weight excluding hydrogens is 675 g/mol. The van der Waals surface area contributed by atoms with Crippen LogP contribution in [0.4, 0.5) is 5.69 Å². The van der Waals surface area contributed by atoms with E-state index in [1.807, 2.05) is 13.1 Å². The zero-order chi connectivity index (χ0) is 36.7. The number of nitrogens with zero attached hydrogens (tertiary/aromatic N) is 6. The summed E-state index contributed by atoms with van der Waals surface area (Å²) in [5, 5.41) is 5.79. The molecule has 0 unspecified atom stereocenters. The number of hydrogen-bond acceptors (Lipinski definition) is 10. The maximum Gasteiger partial charge on any atom is 0.324 e. The normalized spacial score (nSPS) is 22.4. The number of benzene rings is 1. The van der Waals surface area contributed by atoms with Crippen molar-refractivity contribution >= 4 is 39.8 Å². The number of likely N-dealkylation sites (N-methyl/N-ethyl adjacent to an activating group) is 1. The lowest BCUT2D eigenvalue weighted by Crippen LogP contribution is -2.56. The molecule has 3 aliphatic rings. The van der Waals surface area contributed by atoms with E-state index < -0.39 is 11.5 Å². The lowest BCUT2D eigenvalue weighted by atomic mass is 9.84. The van der Waals surface area contributed by atoms with Crippen LogP contribution in [0.5, 0.6) is 0 Å². The molecule has 3 aliphatic heterocycles. The summed E-state index contributed by atoms with van der Waals surface area (Å²) in [6, 6.07) is 8.41. The van der Waals surface area contributed by atoms with Gasteiger partial charge in [-0.05, 0) is 63.9 Å². The summed E-state index contributed by atoms with van der Waals surface area (Å²) >= 11 is 1.59. The number of hydrogen-bond donors (Lipinski definition) is 1. The van der Waals surface area contributed by atoms with Crippen molar-refractivity contribution in [2.75, 3.05) is 58.4 Å². The first-order chi connectivity index (χ1) is 25.0. The van der Waals surface area contributed by atoms with Crippen molar-refractivity contribution in [2.45, 2.75) is 79.0 Å². The summed E-state index contributed by atoms with van der Waals surface area (Å²) in [6.45, 7) is 16.0. The topological polar surface area (TPSA) is 105 Å². The quantitative estimate of drug-likeness (QED) is 0.244. The molecule has 7 rings (SSSR count). The lowest BCUT2D eigenvalue weighted by Gasteiger charge is -2.35. The number of fused-ring (bicyclic) bond motifs is 6. The van der Waals surface area contributed by atoms with Crippen molar-refractivity contribution in [3.63, 3.8) is 0 Å². The minimum absolute atomic E-state index is 0.0245. The van der Waals surface area contributed by atoms with Gasteiger partial charge in [0, 0.05) is 91.5 Å². The van der Waals surface area contributed by atoms with Gasteiger partial charge in [0.2, 0.25) is 5.91 Å². The van der Waals surface area contributed by atoms with E-state index >= 15 is 0 Å². The second kappa shape index (κ2) is 14.9. The number of hydrazine groups is 1. The minimum atomic E-state index is -0.562. The van der Waals surface area contributed by atoms with Gasteiger partial charge >= 0.3 is 5.97 Å². The Kier molecular flexibility index (Phi) is 10.5. The number of piperazine rings is 1. The molecular formula is C40H53N7O4S. The van der Waals surface area contributed by atoms with Gasteiger partial charge in [0.15, 0.2) is 0 Å². The highest BCUT2D eigenvalue weighted by Gasteiger charge is 2.34. The van der Waals surface area contributed by atoms with Gasteiger partial charge in [-0.25, -0.2) is 10.4 Å².